The first-order chi connectivity index (χ1) is 11.3. The van der Waals surface area contributed by atoms with Crippen LogP contribution in [0.2, 0.25) is 0 Å². The monoisotopic (exact) mass is 301 g/mol. The van der Waals surface area contributed by atoms with Crippen LogP contribution in [-0.2, 0) is 0 Å². The minimum Gasteiger partial charge on any atom is -0.423 e. The van der Waals surface area contributed by atoms with Gasteiger partial charge in [0.1, 0.15) is 5.52 Å². The number of hydrogen-bond acceptors (Lipinski definition) is 4. The van der Waals surface area contributed by atoms with Crippen LogP contribution in [0.5, 0.6) is 0 Å². The van der Waals surface area contributed by atoms with Gasteiger partial charge in [-0.15, -0.1) is 0 Å². The molecule has 0 aliphatic rings. The van der Waals surface area contributed by atoms with Gasteiger partial charge in [-0.1, -0.05) is 36.4 Å². The first kappa shape index (κ1) is 13.4. The highest BCUT2D eigenvalue weighted by Gasteiger charge is 2.07. The third-order valence-electron chi connectivity index (χ3n) is 3.66. The zero-order valence-corrected chi connectivity index (χ0v) is 12.4. The molecule has 3 aromatic carbocycles. The van der Waals surface area contributed by atoms with Crippen molar-refractivity contribution in [2.24, 2.45) is 0 Å². The molecule has 4 heteroatoms. The number of nitrogen functional groups attached to an aromatic ring is 1. The molecule has 23 heavy (non-hydrogen) atoms. The minimum absolute atomic E-state index is 0.487. The van der Waals surface area contributed by atoms with E-state index in [1.807, 2.05) is 72.8 Å². The fourth-order valence-corrected chi connectivity index (χ4v) is 2.48. The van der Waals surface area contributed by atoms with E-state index in [1.165, 1.54) is 0 Å². The number of fused-ring (bicyclic) bond motifs is 1. The predicted molar refractivity (Wildman–Crippen MR) is 93.6 cm³/mol. The average Bonchev–Trinajstić information content (AvgIpc) is 2.98. The van der Waals surface area contributed by atoms with Gasteiger partial charge >= 0.3 is 0 Å². The fourth-order valence-electron chi connectivity index (χ4n) is 2.48. The maximum absolute atomic E-state index is 5.74. The lowest BCUT2D eigenvalue weighted by Gasteiger charge is -2.01. The number of anilines is 3. The molecule has 0 spiro atoms. The lowest BCUT2D eigenvalue weighted by molar-refractivity contribution is 0.623. The number of rotatable bonds is 3. The molecule has 112 valence electrons. The van der Waals surface area contributed by atoms with E-state index < -0.39 is 0 Å². The Morgan fingerprint density at radius 1 is 0.826 bits per heavy atom. The second-order valence-electron chi connectivity index (χ2n) is 5.31. The molecule has 1 aromatic heterocycles. The van der Waals surface area contributed by atoms with E-state index >= 15 is 0 Å². The first-order valence-electron chi connectivity index (χ1n) is 7.36. The van der Waals surface area contributed by atoms with Crippen LogP contribution in [-0.4, -0.2) is 4.98 Å². The van der Waals surface area contributed by atoms with Gasteiger partial charge in [-0.3, -0.25) is 0 Å². The summed E-state index contributed by atoms with van der Waals surface area (Å²) in [5.74, 6) is 0. The first-order valence-corrected chi connectivity index (χ1v) is 7.36. The van der Waals surface area contributed by atoms with Crippen molar-refractivity contribution in [2.75, 3.05) is 11.1 Å². The summed E-state index contributed by atoms with van der Waals surface area (Å²) in [4.78, 5) is 4.51. The lowest BCUT2D eigenvalue weighted by Crippen LogP contribution is -1.88. The third kappa shape index (κ3) is 2.74. The van der Waals surface area contributed by atoms with Crippen LogP contribution in [0.1, 0.15) is 0 Å². The van der Waals surface area contributed by atoms with Gasteiger partial charge in [0.2, 0.25) is 0 Å². The van der Waals surface area contributed by atoms with E-state index in [2.05, 4.69) is 10.3 Å². The van der Waals surface area contributed by atoms with E-state index in [-0.39, 0.29) is 0 Å². The van der Waals surface area contributed by atoms with Crippen LogP contribution in [0.3, 0.4) is 0 Å². The molecule has 0 saturated heterocycles. The Morgan fingerprint density at radius 2 is 1.57 bits per heavy atom. The number of nitrogens with one attached hydrogen (secondary N) is 1. The summed E-state index contributed by atoms with van der Waals surface area (Å²) in [5, 5.41) is 3.17. The van der Waals surface area contributed by atoms with Crippen molar-refractivity contribution in [1.29, 1.82) is 0 Å². The van der Waals surface area contributed by atoms with E-state index in [1.54, 1.807) is 0 Å². The zero-order chi connectivity index (χ0) is 15.6. The van der Waals surface area contributed by atoms with Gasteiger partial charge in [0.15, 0.2) is 5.58 Å². The van der Waals surface area contributed by atoms with Crippen molar-refractivity contribution in [2.45, 2.75) is 0 Å². The number of nitrogens with zero attached hydrogens (tertiary/aromatic N) is 1. The fraction of sp³-hybridized carbons (Fsp3) is 0. The smallest absolute Gasteiger partial charge is 0.300 e. The van der Waals surface area contributed by atoms with Crippen LogP contribution < -0.4 is 11.1 Å². The summed E-state index contributed by atoms with van der Waals surface area (Å²) in [6, 6.07) is 24.1. The van der Waals surface area contributed by atoms with Crippen molar-refractivity contribution in [1.82, 2.24) is 4.98 Å². The molecular weight excluding hydrogens is 286 g/mol. The molecule has 0 atom stereocenters. The second kappa shape index (κ2) is 5.50. The standard InChI is InChI=1S/C19H15N3O/c20-15-9-6-13(7-10-15)14-8-11-18-17(12-14)22-19(23-18)21-16-4-2-1-3-5-16/h1-12H,20H2,(H,21,22). The normalized spacial score (nSPS) is 10.8. The number of oxazole rings is 1. The molecule has 0 amide bonds. The maximum Gasteiger partial charge on any atom is 0.300 e. The molecular formula is C19H15N3O. The summed E-state index contributed by atoms with van der Waals surface area (Å²) < 4.78 is 5.74. The van der Waals surface area contributed by atoms with Gasteiger partial charge in [0.05, 0.1) is 0 Å². The Balaban J connectivity index is 1.68. The largest absolute Gasteiger partial charge is 0.423 e. The predicted octanol–water partition coefficient (Wildman–Crippen LogP) is 4.82. The molecule has 0 unspecified atom stereocenters. The van der Waals surface area contributed by atoms with Gasteiger partial charge in [-0.25, -0.2) is 0 Å². The Morgan fingerprint density at radius 3 is 2.35 bits per heavy atom. The van der Waals surface area contributed by atoms with Crippen LogP contribution in [0.25, 0.3) is 22.2 Å². The third-order valence-corrected chi connectivity index (χ3v) is 3.66. The average molecular weight is 301 g/mol. The van der Waals surface area contributed by atoms with Gasteiger partial charge in [0, 0.05) is 11.4 Å². The van der Waals surface area contributed by atoms with Gasteiger partial charge in [-0.05, 0) is 47.5 Å². The molecule has 1 heterocycles. The van der Waals surface area contributed by atoms with Crippen LogP contribution >= 0.6 is 0 Å². The summed E-state index contributed by atoms with van der Waals surface area (Å²) in [7, 11) is 0. The number of benzene rings is 3. The summed E-state index contributed by atoms with van der Waals surface area (Å²) in [6.07, 6.45) is 0. The van der Waals surface area contributed by atoms with Crippen LogP contribution in [0.4, 0.5) is 17.4 Å². The van der Waals surface area contributed by atoms with Crippen molar-refractivity contribution in [3.8, 4) is 11.1 Å². The number of hydrogen-bond donors (Lipinski definition) is 2. The van der Waals surface area contributed by atoms with Gasteiger partial charge < -0.3 is 15.5 Å². The van der Waals surface area contributed by atoms with E-state index in [0.717, 1.165) is 33.6 Å². The zero-order valence-electron chi connectivity index (χ0n) is 12.4. The Bertz CT molecular complexity index is 943. The quantitative estimate of drug-likeness (QED) is 0.532. The van der Waals surface area contributed by atoms with Gasteiger partial charge in [-0.2, -0.15) is 4.98 Å². The number of aromatic nitrogens is 1. The number of para-hydroxylation sites is 1. The highest BCUT2D eigenvalue weighted by atomic mass is 16.4. The maximum atomic E-state index is 5.74. The molecule has 3 N–H and O–H groups in total. The second-order valence-corrected chi connectivity index (χ2v) is 5.31. The molecule has 0 aliphatic heterocycles. The van der Waals surface area contributed by atoms with E-state index in [9.17, 15) is 0 Å². The molecule has 0 aliphatic carbocycles. The highest BCUT2D eigenvalue weighted by Crippen LogP contribution is 2.27. The molecule has 0 saturated carbocycles. The molecule has 0 bridgehead atoms. The summed E-state index contributed by atoms with van der Waals surface area (Å²) >= 11 is 0. The molecule has 4 nitrogen and oxygen atoms in total. The minimum atomic E-state index is 0.487. The topological polar surface area (TPSA) is 64.1 Å². The molecule has 4 aromatic rings. The van der Waals surface area contributed by atoms with Crippen LogP contribution in [0.15, 0.2) is 77.2 Å². The van der Waals surface area contributed by atoms with Crippen LogP contribution in [0, 0.1) is 0 Å². The Hall–Kier alpha value is -3.27. The molecule has 4 rings (SSSR count). The summed E-state index contributed by atoms with van der Waals surface area (Å²) in [5.41, 5.74) is 11.2. The Kier molecular flexibility index (Phi) is 3.20. The highest BCUT2D eigenvalue weighted by molar-refractivity contribution is 5.82. The Labute approximate surface area is 133 Å². The van der Waals surface area contributed by atoms with E-state index in [0.29, 0.717) is 6.01 Å². The molecule has 0 fully saturated rings. The SMILES string of the molecule is Nc1ccc(-c2ccc3oc(Nc4ccccc4)nc3c2)cc1. The van der Waals surface area contributed by atoms with Gasteiger partial charge in [0.25, 0.3) is 6.01 Å². The molecule has 0 radical (unpaired) electrons. The van der Waals surface area contributed by atoms with Crippen molar-refractivity contribution in [3.63, 3.8) is 0 Å². The summed E-state index contributed by atoms with van der Waals surface area (Å²) in [6.45, 7) is 0. The number of nitrogens with two attached hydrogens (primary N) is 1. The lowest BCUT2D eigenvalue weighted by atomic mass is 10.1. The van der Waals surface area contributed by atoms with Crippen molar-refractivity contribution >= 4 is 28.5 Å². The van der Waals surface area contributed by atoms with Crippen molar-refractivity contribution < 1.29 is 4.42 Å². The van der Waals surface area contributed by atoms with E-state index in [4.69, 9.17) is 10.2 Å². The van der Waals surface area contributed by atoms with Crippen molar-refractivity contribution in [3.05, 3.63) is 72.8 Å².